The molecular weight excluding hydrogens is 244 g/mol. The summed E-state index contributed by atoms with van der Waals surface area (Å²) < 4.78 is 0. The maximum atomic E-state index is 11.4. The Bertz CT molecular complexity index is 363. The molecule has 0 aliphatic rings. The number of thioether (sulfide) groups is 1. The van der Waals surface area contributed by atoms with Crippen LogP contribution in [0.4, 0.5) is 0 Å². The fourth-order valence-electron chi connectivity index (χ4n) is 1.51. The highest BCUT2D eigenvalue weighted by molar-refractivity contribution is 7.99. The van der Waals surface area contributed by atoms with E-state index in [4.69, 9.17) is 5.73 Å². The van der Waals surface area contributed by atoms with E-state index in [-0.39, 0.29) is 5.91 Å². The summed E-state index contributed by atoms with van der Waals surface area (Å²) in [6.07, 6.45) is 1.26. The van der Waals surface area contributed by atoms with E-state index in [1.54, 1.807) is 0 Å². The fourth-order valence-corrected chi connectivity index (χ4v) is 2.35. The molecule has 18 heavy (non-hydrogen) atoms. The molecule has 0 spiro atoms. The number of amides is 1. The van der Waals surface area contributed by atoms with Crippen LogP contribution >= 0.6 is 11.8 Å². The van der Waals surface area contributed by atoms with Crippen LogP contribution in [0.5, 0.6) is 0 Å². The number of hydrogen-bond donors (Lipinski definition) is 2. The minimum atomic E-state index is 0.0704. The van der Waals surface area contributed by atoms with Crippen LogP contribution in [0.25, 0.3) is 0 Å². The predicted molar refractivity (Wildman–Crippen MR) is 77.6 cm³/mol. The Morgan fingerprint density at radius 2 is 2.00 bits per heavy atom. The van der Waals surface area contributed by atoms with Crippen molar-refractivity contribution in [2.75, 3.05) is 6.54 Å². The molecule has 0 aromatic heterocycles. The van der Waals surface area contributed by atoms with Crippen LogP contribution in [0.15, 0.2) is 29.2 Å². The molecule has 3 nitrogen and oxygen atoms in total. The number of benzene rings is 1. The average molecular weight is 266 g/mol. The van der Waals surface area contributed by atoms with E-state index in [2.05, 4.69) is 43.4 Å². The number of rotatable bonds is 7. The van der Waals surface area contributed by atoms with Gasteiger partial charge in [0.2, 0.25) is 5.91 Å². The summed E-state index contributed by atoms with van der Waals surface area (Å²) in [6.45, 7) is 5.51. The minimum Gasteiger partial charge on any atom is -0.352 e. The zero-order chi connectivity index (χ0) is 13.4. The van der Waals surface area contributed by atoms with E-state index >= 15 is 0 Å². The Morgan fingerprint density at radius 3 is 2.56 bits per heavy atom. The zero-order valence-electron chi connectivity index (χ0n) is 11.1. The smallest absolute Gasteiger partial charge is 0.220 e. The summed E-state index contributed by atoms with van der Waals surface area (Å²) >= 11 is 1.84. The van der Waals surface area contributed by atoms with Crippen LogP contribution in [0, 0.1) is 0 Å². The first-order chi connectivity index (χ1) is 8.61. The molecule has 1 rings (SSSR count). The van der Waals surface area contributed by atoms with Crippen molar-refractivity contribution in [3.8, 4) is 0 Å². The zero-order valence-corrected chi connectivity index (χ0v) is 11.9. The van der Waals surface area contributed by atoms with Gasteiger partial charge < -0.3 is 11.1 Å². The van der Waals surface area contributed by atoms with Crippen LogP contribution in [-0.2, 0) is 11.3 Å². The molecule has 0 saturated heterocycles. The molecule has 0 heterocycles. The van der Waals surface area contributed by atoms with E-state index in [0.29, 0.717) is 24.8 Å². The maximum Gasteiger partial charge on any atom is 0.220 e. The first-order valence-corrected chi connectivity index (χ1v) is 7.22. The van der Waals surface area contributed by atoms with Crippen LogP contribution in [0.2, 0.25) is 0 Å². The van der Waals surface area contributed by atoms with Crippen molar-refractivity contribution < 1.29 is 4.79 Å². The van der Waals surface area contributed by atoms with Gasteiger partial charge in [-0.15, -0.1) is 11.8 Å². The second kappa shape index (κ2) is 8.16. The monoisotopic (exact) mass is 266 g/mol. The van der Waals surface area contributed by atoms with Crippen molar-refractivity contribution in [2.45, 2.75) is 43.4 Å². The van der Waals surface area contributed by atoms with E-state index in [9.17, 15) is 4.79 Å². The van der Waals surface area contributed by atoms with Gasteiger partial charge in [-0.3, -0.25) is 4.79 Å². The van der Waals surface area contributed by atoms with Crippen molar-refractivity contribution in [1.82, 2.24) is 5.32 Å². The summed E-state index contributed by atoms with van der Waals surface area (Å²) in [6, 6.07) is 8.33. The number of nitrogens with one attached hydrogen (secondary N) is 1. The third-order valence-electron chi connectivity index (χ3n) is 2.39. The van der Waals surface area contributed by atoms with Crippen molar-refractivity contribution in [3.05, 3.63) is 29.8 Å². The van der Waals surface area contributed by atoms with Crippen LogP contribution < -0.4 is 11.1 Å². The van der Waals surface area contributed by atoms with Gasteiger partial charge in [0.15, 0.2) is 0 Å². The third-order valence-corrected chi connectivity index (χ3v) is 3.41. The van der Waals surface area contributed by atoms with E-state index in [1.807, 2.05) is 11.8 Å². The predicted octanol–water partition coefficient (Wildman–Crippen LogP) is 2.54. The fraction of sp³-hybridized carbons (Fsp3) is 0.500. The van der Waals surface area contributed by atoms with Gasteiger partial charge in [0.1, 0.15) is 0 Å². The summed E-state index contributed by atoms with van der Waals surface area (Å²) in [5.41, 5.74) is 6.49. The summed E-state index contributed by atoms with van der Waals surface area (Å²) in [4.78, 5) is 12.7. The maximum absolute atomic E-state index is 11.4. The van der Waals surface area contributed by atoms with Crippen LogP contribution in [-0.4, -0.2) is 17.7 Å². The van der Waals surface area contributed by atoms with Crippen molar-refractivity contribution in [3.63, 3.8) is 0 Å². The molecule has 1 aromatic rings. The van der Waals surface area contributed by atoms with Crippen LogP contribution in [0.3, 0.4) is 0 Å². The second-order valence-electron chi connectivity index (χ2n) is 4.48. The number of hydrogen-bond acceptors (Lipinski definition) is 3. The first-order valence-electron chi connectivity index (χ1n) is 6.34. The normalized spacial score (nSPS) is 10.7. The third kappa shape index (κ3) is 6.07. The topological polar surface area (TPSA) is 55.1 Å². The molecule has 4 heteroatoms. The van der Waals surface area contributed by atoms with Gasteiger partial charge >= 0.3 is 0 Å². The highest BCUT2D eigenvalue weighted by Gasteiger charge is 2.01. The minimum absolute atomic E-state index is 0.0704. The van der Waals surface area contributed by atoms with Crippen molar-refractivity contribution in [1.29, 1.82) is 0 Å². The standard InChI is InChI=1S/C14H22N2OS/c1-11(2)18-13-7-5-12(6-8-13)10-16-14(17)4-3-9-15/h5-8,11H,3-4,9-10,15H2,1-2H3,(H,16,17). The quantitative estimate of drug-likeness (QED) is 0.746. The lowest BCUT2D eigenvalue weighted by atomic mass is 10.2. The van der Waals surface area contributed by atoms with Gasteiger partial charge in [0, 0.05) is 23.1 Å². The molecule has 0 fully saturated rings. The molecule has 0 aliphatic carbocycles. The molecule has 0 atom stereocenters. The summed E-state index contributed by atoms with van der Waals surface area (Å²) in [5, 5.41) is 3.48. The largest absolute Gasteiger partial charge is 0.352 e. The van der Waals surface area contributed by atoms with Gasteiger partial charge in [-0.1, -0.05) is 26.0 Å². The second-order valence-corrected chi connectivity index (χ2v) is 6.13. The van der Waals surface area contributed by atoms with Gasteiger partial charge in [-0.2, -0.15) is 0 Å². The Hall–Kier alpha value is -1.00. The van der Waals surface area contributed by atoms with Crippen molar-refractivity contribution >= 4 is 17.7 Å². The summed E-state index contributed by atoms with van der Waals surface area (Å²) in [7, 11) is 0. The Morgan fingerprint density at radius 1 is 1.33 bits per heavy atom. The Kier molecular flexibility index (Phi) is 6.83. The van der Waals surface area contributed by atoms with Gasteiger partial charge in [-0.25, -0.2) is 0 Å². The molecule has 0 saturated carbocycles. The molecule has 3 N–H and O–H groups in total. The van der Waals surface area contributed by atoms with Gasteiger partial charge in [-0.05, 0) is 30.7 Å². The van der Waals surface area contributed by atoms with Gasteiger partial charge in [0.05, 0.1) is 0 Å². The lowest BCUT2D eigenvalue weighted by Gasteiger charge is -2.07. The highest BCUT2D eigenvalue weighted by atomic mass is 32.2. The molecule has 100 valence electrons. The number of carbonyl (C=O) groups excluding carboxylic acids is 1. The highest BCUT2D eigenvalue weighted by Crippen LogP contribution is 2.22. The van der Waals surface area contributed by atoms with Gasteiger partial charge in [0.25, 0.3) is 0 Å². The SMILES string of the molecule is CC(C)Sc1ccc(CNC(=O)CCCN)cc1. The lowest BCUT2D eigenvalue weighted by molar-refractivity contribution is -0.121. The molecule has 0 unspecified atom stereocenters. The lowest BCUT2D eigenvalue weighted by Crippen LogP contribution is -2.23. The van der Waals surface area contributed by atoms with E-state index in [0.717, 1.165) is 12.0 Å². The van der Waals surface area contributed by atoms with Crippen LogP contribution in [0.1, 0.15) is 32.3 Å². The molecular formula is C14H22N2OS. The molecule has 0 bridgehead atoms. The number of nitrogens with two attached hydrogens (primary N) is 1. The number of carbonyl (C=O) groups is 1. The van der Waals surface area contributed by atoms with Crippen molar-refractivity contribution in [2.24, 2.45) is 5.73 Å². The van der Waals surface area contributed by atoms with E-state index < -0.39 is 0 Å². The first kappa shape index (κ1) is 15.1. The Balaban J connectivity index is 2.37. The Labute approximate surface area is 114 Å². The average Bonchev–Trinajstić information content (AvgIpc) is 2.35. The molecule has 1 aromatic carbocycles. The molecule has 0 radical (unpaired) electrons. The summed E-state index contributed by atoms with van der Waals surface area (Å²) in [5.74, 6) is 0.0704. The molecule has 0 aliphatic heterocycles. The van der Waals surface area contributed by atoms with E-state index in [1.165, 1.54) is 4.90 Å². The molecule has 1 amide bonds.